The van der Waals surface area contributed by atoms with Crippen LogP contribution < -0.4 is 5.32 Å². The van der Waals surface area contributed by atoms with Crippen molar-refractivity contribution in [2.45, 2.75) is 31.8 Å². The van der Waals surface area contributed by atoms with Gasteiger partial charge in [-0.1, -0.05) is 0 Å². The van der Waals surface area contributed by atoms with Crippen LogP contribution in [0.15, 0.2) is 0 Å². The number of ether oxygens (including phenoxy) is 1. The molecule has 0 bridgehead atoms. The number of hydrogen-bond donors (Lipinski definition) is 2. The Kier molecular flexibility index (Phi) is 4.62. The Bertz CT molecular complexity index is 246. The zero-order chi connectivity index (χ0) is 12.1. The Morgan fingerprint density at radius 1 is 1.35 bits per heavy atom. The van der Waals surface area contributed by atoms with Crippen LogP contribution in [-0.2, 0) is 4.74 Å². The number of likely N-dealkylation sites (tertiary alicyclic amines) is 1. The minimum absolute atomic E-state index is 0.0110. The Morgan fingerprint density at radius 3 is 2.71 bits per heavy atom. The molecule has 0 spiro atoms. The van der Waals surface area contributed by atoms with E-state index in [0.717, 1.165) is 45.4 Å². The van der Waals surface area contributed by atoms with E-state index in [4.69, 9.17) is 9.84 Å². The second kappa shape index (κ2) is 6.21. The average molecular weight is 242 g/mol. The van der Waals surface area contributed by atoms with E-state index in [-0.39, 0.29) is 18.7 Å². The maximum Gasteiger partial charge on any atom is 0.317 e. The monoisotopic (exact) mass is 242 g/mol. The molecule has 0 saturated carbocycles. The van der Waals surface area contributed by atoms with Gasteiger partial charge in [-0.15, -0.1) is 0 Å². The Labute approximate surface area is 102 Å². The first kappa shape index (κ1) is 12.6. The highest BCUT2D eigenvalue weighted by atomic mass is 16.5. The van der Waals surface area contributed by atoms with E-state index in [1.165, 1.54) is 0 Å². The highest BCUT2D eigenvalue weighted by Gasteiger charge is 2.23. The first-order valence-corrected chi connectivity index (χ1v) is 6.55. The molecule has 0 aromatic heterocycles. The number of carbonyl (C=O) groups is 1. The normalized spacial score (nSPS) is 26.2. The van der Waals surface area contributed by atoms with Gasteiger partial charge in [-0.3, -0.25) is 0 Å². The topological polar surface area (TPSA) is 61.8 Å². The van der Waals surface area contributed by atoms with Crippen LogP contribution >= 0.6 is 0 Å². The second-order valence-corrected chi connectivity index (χ2v) is 4.93. The Morgan fingerprint density at radius 2 is 2.12 bits per heavy atom. The van der Waals surface area contributed by atoms with Crippen molar-refractivity contribution in [3.63, 3.8) is 0 Å². The predicted molar refractivity (Wildman–Crippen MR) is 63.8 cm³/mol. The smallest absolute Gasteiger partial charge is 0.317 e. The minimum atomic E-state index is 0.0110. The molecule has 2 amide bonds. The van der Waals surface area contributed by atoms with Crippen LogP contribution in [0.3, 0.4) is 0 Å². The summed E-state index contributed by atoms with van der Waals surface area (Å²) in [7, 11) is 0. The summed E-state index contributed by atoms with van der Waals surface area (Å²) in [5.74, 6) is 0.372. The molecule has 0 aliphatic carbocycles. The Hall–Kier alpha value is -0.810. The van der Waals surface area contributed by atoms with E-state index in [1.54, 1.807) is 0 Å². The van der Waals surface area contributed by atoms with Crippen LogP contribution in [-0.4, -0.2) is 55.0 Å². The van der Waals surface area contributed by atoms with Gasteiger partial charge in [0.25, 0.3) is 0 Å². The summed E-state index contributed by atoms with van der Waals surface area (Å²) in [6.45, 7) is 3.19. The van der Waals surface area contributed by atoms with E-state index in [1.807, 2.05) is 4.90 Å². The van der Waals surface area contributed by atoms with Crippen LogP contribution in [0.4, 0.5) is 4.79 Å². The summed E-state index contributed by atoms with van der Waals surface area (Å²) in [6, 6.07) is 0.0110. The summed E-state index contributed by atoms with van der Waals surface area (Å²) >= 11 is 0. The van der Waals surface area contributed by atoms with Gasteiger partial charge >= 0.3 is 6.03 Å². The maximum atomic E-state index is 11.8. The molecule has 0 radical (unpaired) electrons. The fourth-order valence-corrected chi connectivity index (χ4v) is 2.44. The molecule has 0 aromatic carbocycles. The van der Waals surface area contributed by atoms with Gasteiger partial charge in [0.2, 0.25) is 0 Å². The summed E-state index contributed by atoms with van der Waals surface area (Å²) in [6.07, 6.45) is 4.16. The van der Waals surface area contributed by atoms with Crippen LogP contribution in [0.2, 0.25) is 0 Å². The number of piperidine rings is 1. The number of nitrogens with zero attached hydrogens (tertiary/aromatic N) is 1. The number of hydrogen-bond acceptors (Lipinski definition) is 3. The summed E-state index contributed by atoms with van der Waals surface area (Å²) in [4.78, 5) is 13.7. The van der Waals surface area contributed by atoms with Gasteiger partial charge < -0.3 is 20.1 Å². The van der Waals surface area contributed by atoms with Gasteiger partial charge in [-0.05, 0) is 31.6 Å². The van der Waals surface area contributed by atoms with E-state index in [9.17, 15) is 4.79 Å². The molecule has 1 unspecified atom stereocenters. The number of aliphatic hydroxyl groups is 1. The van der Waals surface area contributed by atoms with E-state index in [2.05, 4.69) is 5.32 Å². The highest BCUT2D eigenvalue weighted by Crippen LogP contribution is 2.16. The number of urea groups is 1. The van der Waals surface area contributed by atoms with Crippen molar-refractivity contribution < 1.29 is 14.6 Å². The molecule has 1 atom stereocenters. The summed E-state index contributed by atoms with van der Waals surface area (Å²) in [5, 5.41) is 12.0. The molecule has 2 aliphatic rings. The van der Waals surface area contributed by atoms with Crippen molar-refractivity contribution in [2.24, 2.45) is 5.92 Å². The first-order valence-electron chi connectivity index (χ1n) is 6.55. The van der Waals surface area contributed by atoms with Crippen LogP contribution in [0.25, 0.3) is 0 Å². The molecule has 2 aliphatic heterocycles. The van der Waals surface area contributed by atoms with Crippen LogP contribution in [0.5, 0.6) is 0 Å². The van der Waals surface area contributed by atoms with Crippen molar-refractivity contribution in [2.75, 3.05) is 32.8 Å². The summed E-state index contributed by atoms with van der Waals surface area (Å²) < 4.78 is 5.46. The number of aliphatic hydroxyl groups excluding tert-OH is 1. The molecule has 98 valence electrons. The SMILES string of the molecule is O=C(NCC1CCCO1)N1CCC(CO)CC1. The Balaban J connectivity index is 1.66. The average Bonchev–Trinajstić information content (AvgIpc) is 2.89. The molecule has 2 rings (SSSR count). The molecule has 0 aromatic rings. The third-order valence-electron chi connectivity index (χ3n) is 3.66. The summed E-state index contributed by atoms with van der Waals surface area (Å²) in [5.41, 5.74) is 0. The second-order valence-electron chi connectivity index (χ2n) is 4.93. The van der Waals surface area contributed by atoms with Crippen LogP contribution in [0, 0.1) is 5.92 Å². The van der Waals surface area contributed by atoms with Gasteiger partial charge in [0.1, 0.15) is 0 Å². The lowest BCUT2D eigenvalue weighted by atomic mass is 9.98. The van der Waals surface area contributed by atoms with Gasteiger partial charge in [0, 0.05) is 32.8 Å². The van der Waals surface area contributed by atoms with Gasteiger partial charge in [0.05, 0.1) is 6.10 Å². The highest BCUT2D eigenvalue weighted by molar-refractivity contribution is 5.74. The van der Waals surface area contributed by atoms with Gasteiger partial charge in [-0.25, -0.2) is 4.79 Å². The molecular weight excluding hydrogens is 220 g/mol. The molecule has 2 heterocycles. The van der Waals surface area contributed by atoms with Gasteiger partial charge in [0.15, 0.2) is 0 Å². The number of nitrogens with one attached hydrogen (secondary N) is 1. The van der Waals surface area contributed by atoms with E-state index >= 15 is 0 Å². The third-order valence-corrected chi connectivity index (χ3v) is 3.66. The lowest BCUT2D eigenvalue weighted by molar-refractivity contribution is 0.105. The first-order chi connectivity index (χ1) is 8.29. The van der Waals surface area contributed by atoms with Crippen molar-refractivity contribution in [3.8, 4) is 0 Å². The molecule has 2 saturated heterocycles. The zero-order valence-corrected chi connectivity index (χ0v) is 10.2. The fourth-order valence-electron chi connectivity index (χ4n) is 2.44. The minimum Gasteiger partial charge on any atom is -0.396 e. The maximum absolute atomic E-state index is 11.8. The lowest BCUT2D eigenvalue weighted by Crippen LogP contribution is -2.46. The fraction of sp³-hybridized carbons (Fsp3) is 0.917. The number of carbonyl (C=O) groups excluding carboxylic acids is 1. The standard InChI is InChI=1S/C12H22N2O3/c15-9-10-3-5-14(6-4-10)12(16)13-8-11-2-1-7-17-11/h10-11,15H,1-9H2,(H,13,16). The number of rotatable bonds is 3. The van der Waals surface area contributed by atoms with E-state index in [0.29, 0.717) is 12.5 Å². The van der Waals surface area contributed by atoms with Crippen molar-refractivity contribution in [1.82, 2.24) is 10.2 Å². The van der Waals surface area contributed by atoms with E-state index < -0.39 is 0 Å². The predicted octanol–water partition coefficient (Wildman–Crippen LogP) is 0.579. The van der Waals surface area contributed by atoms with Crippen molar-refractivity contribution >= 4 is 6.03 Å². The van der Waals surface area contributed by atoms with Crippen molar-refractivity contribution in [1.29, 1.82) is 0 Å². The molecule has 2 N–H and O–H groups in total. The molecule has 2 fully saturated rings. The largest absolute Gasteiger partial charge is 0.396 e. The molecular formula is C12H22N2O3. The third kappa shape index (κ3) is 3.57. The molecule has 17 heavy (non-hydrogen) atoms. The zero-order valence-electron chi connectivity index (χ0n) is 10.2. The van der Waals surface area contributed by atoms with Crippen molar-refractivity contribution in [3.05, 3.63) is 0 Å². The quantitative estimate of drug-likeness (QED) is 0.761. The van der Waals surface area contributed by atoms with Crippen LogP contribution in [0.1, 0.15) is 25.7 Å². The number of amides is 2. The molecule has 5 heteroatoms. The lowest BCUT2D eigenvalue weighted by Gasteiger charge is -2.31. The molecule has 5 nitrogen and oxygen atoms in total. The van der Waals surface area contributed by atoms with Gasteiger partial charge in [-0.2, -0.15) is 0 Å².